The largest absolute Gasteiger partial charge is 1.00 e. The fourth-order valence-electron chi connectivity index (χ4n) is 1.96. The van der Waals surface area contributed by atoms with Crippen LogP contribution in [0.1, 0.15) is 10.4 Å². The summed E-state index contributed by atoms with van der Waals surface area (Å²) >= 11 is 0. The van der Waals surface area contributed by atoms with Crippen molar-refractivity contribution >= 4 is 27.7 Å². The van der Waals surface area contributed by atoms with Gasteiger partial charge >= 0.3 is 29.6 Å². The number of guanidine groups is 1. The van der Waals surface area contributed by atoms with Crippen LogP contribution in [0.4, 0.5) is 5.69 Å². The number of hydrogen-bond donors (Lipinski definition) is 2. The van der Waals surface area contributed by atoms with Gasteiger partial charge in [-0.1, -0.05) is 18.2 Å². The van der Waals surface area contributed by atoms with Crippen molar-refractivity contribution in [2.24, 2.45) is 4.99 Å². The molecular formula is C17H18N3NaO5S. The summed E-state index contributed by atoms with van der Waals surface area (Å²) in [6.07, 6.45) is 0. The van der Waals surface area contributed by atoms with Gasteiger partial charge in [0, 0.05) is 11.3 Å². The second-order valence-corrected chi connectivity index (χ2v) is 6.69. The topological polar surface area (TPSA) is 120 Å². The molecule has 0 fully saturated rings. The quantitative estimate of drug-likeness (QED) is 0.262. The third-order valence-electron chi connectivity index (χ3n) is 3.23. The van der Waals surface area contributed by atoms with E-state index in [1.807, 2.05) is 0 Å². The van der Waals surface area contributed by atoms with E-state index in [9.17, 15) is 17.8 Å². The molecule has 2 aromatic rings. The molecule has 27 heavy (non-hydrogen) atoms. The van der Waals surface area contributed by atoms with Crippen LogP contribution in [0, 0.1) is 0 Å². The molecule has 10 heteroatoms. The maximum Gasteiger partial charge on any atom is 1.00 e. The first-order valence-corrected chi connectivity index (χ1v) is 9.20. The van der Waals surface area contributed by atoms with Gasteiger partial charge in [0.15, 0.2) is 0 Å². The van der Waals surface area contributed by atoms with Gasteiger partial charge < -0.3 is 14.6 Å². The second kappa shape index (κ2) is 11.1. The first-order valence-electron chi connectivity index (χ1n) is 7.63. The molecule has 0 heterocycles. The van der Waals surface area contributed by atoms with Crippen LogP contribution in [0.5, 0.6) is 5.75 Å². The molecule has 0 radical (unpaired) electrons. The van der Waals surface area contributed by atoms with Gasteiger partial charge in [0.25, 0.3) is 5.91 Å². The van der Waals surface area contributed by atoms with Crippen LogP contribution >= 0.6 is 0 Å². The Balaban J connectivity index is 0.00000364. The summed E-state index contributed by atoms with van der Waals surface area (Å²) in [4.78, 5) is 16.2. The molecule has 0 unspecified atom stereocenters. The van der Waals surface area contributed by atoms with Crippen LogP contribution in [0.3, 0.4) is 0 Å². The average Bonchev–Trinajstić information content (AvgIpc) is 2.62. The van der Waals surface area contributed by atoms with E-state index in [1.165, 1.54) is 0 Å². The zero-order valence-electron chi connectivity index (χ0n) is 15.0. The van der Waals surface area contributed by atoms with Gasteiger partial charge in [-0.2, -0.15) is 0 Å². The van der Waals surface area contributed by atoms with E-state index < -0.39 is 21.8 Å². The minimum absolute atomic E-state index is 0. The smallest absolute Gasteiger partial charge is 0.748 e. The Hall–Kier alpha value is -1.91. The molecule has 8 nitrogen and oxygen atoms in total. The fraction of sp³-hybridized carbons (Fsp3) is 0.176. The van der Waals surface area contributed by atoms with E-state index in [4.69, 9.17) is 4.74 Å². The maximum atomic E-state index is 12.3. The van der Waals surface area contributed by atoms with Crippen molar-refractivity contribution in [3.05, 3.63) is 60.2 Å². The molecule has 138 valence electrons. The molecule has 0 aliphatic carbocycles. The minimum Gasteiger partial charge on any atom is -0.748 e. The number of amides is 1. The number of nitrogens with one attached hydrogen (secondary N) is 2. The predicted octanol–water partition coefficient (Wildman–Crippen LogP) is -1.56. The number of aliphatic imine (C=N–C) groups is 1. The van der Waals surface area contributed by atoms with Crippen LogP contribution in [-0.2, 0) is 10.1 Å². The molecular weight excluding hydrogens is 381 g/mol. The number of carbonyl (C=O) groups excluding carboxylic acids is 1. The molecule has 0 atom stereocenters. The molecule has 0 bridgehead atoms. The van der Waals surface area contributed by atoms with Gasteiger partial charge in [0.2, 0.25) is 5.96 Å². The van der Waals surface area contributed by atoms with Crippen LogP contribution in [-0.4, -0.2) is 44.2 Å². The summed E-state index contributed by atoms with van der Waals surface area (Å²) in [5.41, 5.74) is 1.01. The number of anilines is 1. The Kier molecular flexibility index (Phi) is 9.47. The van der Waals surface area contributed by atoms with Gasteiger partial charge in [0.1, 0.15) is 5.75 Å². The molecule has 2 N–H and O–H groups in total. The summed E-state index contributed by atoms with van der Waals surface area (Å²) in [5.74, 6) is -0.398. The number of rotatable bonds is 6. The third kappa shape index (κ3) is 8.55. The van der Waals surface area contributed by atoms with E-state index in [2.05, 4.69) is 15.6 Å². The number of methoxy groups -OCH3 is 1. The van der Waals surface area contributed by atoms with Crippen molar-refractivity contribution < 1.29 is 52.1 Å². The molecule has 2 rings (SSSR count). The van der Waals surface area contributed by atoms with Crippen molar-refractivity contribution in [2.45, 2.75) is 0 Å². The van der Waals surface area contributed by atoms with Gasteiger partial charge in [-0.3, -0.25) is 15.1 Å². The number of carbonyl (C=O) groups is 1. The Morgan fingerprint density at radius 3 is 2.30 bits per heavy atom. The number of benzene rings is 2. The molecule has 0 aromatic heterocycles. The summed E-state index contributed by atoms with van der Waals surface area (Å²) in [6, 6.07) is 15.3. The van der Waals surface area contributed by atoms with Gasteiger partial charge in [-0.05, 0) is 36.4 Å². The van der Waals surface area contributed by atoms with E-state index >= 15 is 0 Å². The first kappa shape index (κ1) is 23.1. The van der Waals surface area contributed by atoms with Crippen LogP contribution in [0.25, 0.3) is 0 Å². The van der Waals surface area contributed by atoms with E-state index in [-0.39, 0.29) is 42.1 Å². The Labute approximate surface area is 180 Å². The molecule has 0 spiro atoms. The van der Waals surface area contributed by atoms with Gasteiger partial charge in [-0.15, -0.1) is 0 Å². The summed E-state index contributed by atoms with van der Waals surface area (Å²) in [5, 5.41) is 5.45. The average molecular weight is 399 g/mol. The Morgan fingerprint density at radius 2 is 1.74 bits per heavy atom. The standard InChI is InChI=1S/C17H19N3O5S.Na/c1-25-15-9-7-14(8-10-15)19-17(18-11-12-26(22,23)24)20-16(21)13-5-3-2-4-6-13;/h2-10H,11-12H2,1H3,(H,22,23,24)(H2,18,19,20,21);/q;+1/p-1. The molecule has 2 aromatic carbocycles. The zero-order chi connectivity index (χ0) is 19.0. The Morgan fingerprint density at radius 1 is 1.11 bits per heavy atom. The number of hydrogen-bond acceptors (Lipinski definition) is 6. The molecule has 0 aliphatic rings. The predicted molar refractivity (Wildman–Crippen MR) is 97.4 cm³/mol. The summed E-state index contributed by atoms with van der Waals surface area (Å²) in [7, 11) is -2.86. The number of nitrogens with zero attached hydrogens (tertiary/aromatic N) is 1. The third-order valence-corrected chi connectivity index (χ3v) is 3.91. The van der Waals surface area contributed by atoms with Gasteiger partial charge in [-0.25, -0.2) is 8.42 Å². The molecule has 0 aliphatic heterocycles. The van der Waals surface area contributed by atoms with Crippen molar-refractivity contribution in [1.82, 2.24) is 5.32 Å². The summed E-state index contributed by atoms with van der Waals surface area (Å²) < 4.78 is 37.3. The monoisotopic (exact) mass is 399 g/mol. The molecule has 0 saturated heterocycles. The Bertz CT molecular complexity index is 871. The van der Waals surface area contributed by atoms with Crippen molar-refractivity contribution in [3.63, 3.8) is 0 Å². The van der Waals surface area contributed by atoms with Crippen LogP contribution < -0.4 is 44.9 Å². The normalized spacial score (nSPS) is 11.3. The zero-order valence-corrected chi connectivity index (χ0v) is 17.8. The van der Waals surface area contributed by atoms with Crippen molar-refractivity contribution in [1.29, 1.82) is 0 Å². The second-order valence-electron chi connectivity index (χ2n) is 5.17. The first-order chi connectivity index (χ1) is 12.4. The van der Waals surface area contributed by atoms with Crippen molar-refractivity contribution in [3.8, 4) is 5.75 Å². The van der Waals surface area contributed by atoms with Gasteiger partial charge in [0.05, 0.1) is 29.5 Å². The minimum atomic E-state index is -4.40. The van der Waals surface area contributed by atoms with Crippen molar-refractivity contribution in [2.75, 3.05) is 24.7 Å². The SMILES string of the molecule is COc1ccc(NC(=NCCS(=O)(=O)[O-])NC(=O)c2ccccc2)cc1.[Na+]. The fourth-order valence-corrected chi connectivity index (χ4v) is 2.27. The van der Waals surface area contributed by atoms with Crippen LogP contribution in [0.2, 0.25) is 0 Å². The van der Waals surface area contributed by atoms with E-state index in [1.54, 1.807) is 61.7 Å². The van der Waals surface area contributed by atoms with E-state index in [0.717, 1.165) is 0 Å². The molecule has 1 amide bonds. The summed E-state index contributed by atoms with van der Waals surface area (Å²) in [6.45, 7) is -0.278. The number of ether oxygens (including phenoxy) is 1. The molecule has 0 saturated carbocycles. The maximum absolute atomic E-state index is 12.3. The van der Waals surface area contributed by atoms with E-state index in [0.29, 0.717) is 17.0 Å². The van der Waals surface area contributed by atoms with Crippen LogP contribution in [0.15, 0.2) is 59.6 Å².